The number of methoxy groups -OCH3 is 1. The van der Waals surface area contributed by atoms with E-state index in [2.05, 4.69) is 20.4 Å². The average Bonchev–Trinajstić information content (AvgIpc) is 3.40. The first kappa shape index (κ1) is 24.0. The first-order valence-corrected chi connectivity index (χ1v) is 10.2. The first-order chi connectivity index (χ1) is 16.5. The Morgan fingerprint density at radius 1 is 1.26 bits per heavy atom. The Morgan fingerprint density at radius 3 is 2.63 bits per heavy atom. The smallest absolute Gasteiger partial charge is 0.433 e. The third-order valence-corrected chi connectivity index (χ3v) is 5.37. The maximum Gasteiger partial charge on any atom is 0.433 e. The largest absolute Gasteiger partial charge is 0.497 e. The number of fused-ring (bicyclic) bond motifs is 1. The highest BCUT2D eigenvalue weighted by Gasteiger charge is 2.50. The van der Waals surface area contributed by atoms with E-state index in [-0.39, 0.29) is 18.1 Å². The van der Waals surface area contributed by atoms with Crippen LogP contribution in [-0.4, -0.2) is 81.9 Å². The highest BCUT2D eigenvalue weighted by molar-refractivity contribution is 6.03. The lowest BCUT2D eigenvalue weighted by molar-refractivity contribution is -0.141. The van der Waals surface area contributed by atoms with Crippen molar-refractivity contribution in [1.29, 1.82) is 0 Å². The number of amides is 4. The molecule has 0 radical (unpaired) electrons. The van der Waals surface area contributed by atoms with Crippen LogP contribution in [-0.2, 0) is 22.3 Å². The molecule has 4 amide bonds. The van der Waals surface area contributed by atoms with Gasteiger partial charge in [0.25, 0.3) is 5.91 Å². The highest BCUT2D eigenvalue weighted by Crippen LogP contribution is 2.32. The quantitative estimate of drug-likeness (QED) is 0.637. The maximum absolute atomic E-state index is 13.2. The fraction of sp³-hybridized carbons (Fsp3) is 0.400. The molecule has 0 spiro atoms. The zero-order valence-corrected chi connectivity index (χ0v) is 18.7. The molecule has 12 nitrogen and oxygen atoms in total. The zero-order valence-electron chi connectivity index (χ0n) is 18.7. The van der Waals surface area contributed by atoms with E-state index in [0.717, 1.165) is 11.0 Å². The third kappa shape index (κ3) is 4.74. The Hall–Kier alpha value is -4.17. The summed E-state index contributed by atoms with van der Waals surface area (Å²) in [5, 5.41) is 6.08. The Kier molecular flexibility index (Phi) is 6.08. The van der Waals surface area contributed by atoms with E-state index in [1.54, 1.807) is 13.0 Å². The van der Waals surface area contributed by atoms with Gasteiger partial charge in [0, 0.05) is 25.2 Å². The van der Waals surface area contributed by atoms with Crippen molar-refractivity contribution in [3.63, 3.8) is 0 Å². The number of rotatable bonds is 6. The minimum absolute atomic E-state index is 0.142. The van der Waals surface area contributed by atoms with Gasteiger partial charge in [-0.2, -0.15) is 13.2 Å². The summed E-state index contributed by atoms with van der Waals surface area (Å²) >= 11 is 0. The van der Waals surface area contributed by atoms with E-state index in [9.17, 15) is 27.6 Å². The fourth-order valence-electron chi connectivity index (χ4n) is 3.74. The molecule has 1 saturated heterocycles. The number of carbonyl (C=O) groups excluding carboxylic acids is 3. The van der Waals surface area contributed by atoms with Gasteiger partial charge < -0.3 is 24.4 Å². The molecule has 2 aliphatic heterocycles. The summed E-state index contributed by atoms with van der Waals surface area (Å²) < 4.78 is 49.1. The number of halogens is 3. The molecule has 0 aromatic carbocycles. The number of likely N-dealkylation sites (N-methyl/N-ethyl adjacent to an activating group) is 1. The number of nitrogens with zero attached hydrogens (tertiary/aromatic N) is 6. The number of imide groups is 1. The summed E-state index contributed by atoms with van der Waals surface area (Å²) in [6.07, 6.45) is -4.37. The predicted molar refractivity (Wildman–Crippen MR) is 112 cm³/mol. The van der Waals surface area contributed by atoms with Crippen molar-refractivity contribution in [3.8, 4) is 5.75 Å². The van der Waals surface area contributed by atoms with Gasteiger partial charge in [-0.15, -0.1) is 0 Å². The second-order valence-corrected chi connectivity index (χ2v) is 7.87. The van der Waals surface area contributed by atoms with Crippen LogP contribution in [0.5, 0.6) is 5.75 Å². The van der Waals surface area contributed by atoms with E-state index >= 15 is 0 Å². The molecule has 186 valence electrons. The number of hydrogen-bond donors (Lipinski definition) is 1. The van der Waals surface area contributed by atoms with Crippen LogP contribution in [0.3, 0.4) is 0 Å². The standard InChI is InChI=1S/C20H20F3N7O5/c1-10-4-11(27-35-10)7-30-18(32)16-17(28(2)19(30)33)24-9-29(16)8-15(31)26-14-6-12(34-3)5-13(25-14)20(21,22)23/h4-6,9,16-17H,7-8H2,1-3H3,(H,25,26,31). The number of carbonyl (C=O) groups is 3. The Morgan fingerprint density at radius 2 is 2.00 bits per heavy atom. The molecule has 2 aromatic heterocycles. The monoisotopic (exact) mass is 495 g/mol. The topological polar surface area (TPSA) is 133 Å². The molecule has 2 aromatic rings. The van der Waals surface area contributed by atoms with Crippen LogP contribution in [0.4, 0.5) is 23.8 Å². The summed E-state index contributed by atoms with van der Waals surface area (Å²) in [6.45, 7) is 1.09. The number of aromatic nitrogens is 2. The first-order valence-electron chi connectivity index (χ1n) is 10.2. The van der Waals surface area contributed by atoms with Crippen LogP contribution in [0.2, 0.25) is 0 Å². The van der Waals surface area contributed by atoms with Crippen molar-refractivity contribution in [3.05, 3.63) is 35.3 Å². The number of ether oxygens (including phenoxy) is 1. The van der Waals surface area contributed by atoms with Crippen molar-refractivity contribution in [2.24, 2.45) is 4.99 Å². The number of nitrogens with one attached hydrogen (secondary N) is 1. The van der Waals surface area contributed by atoms with Crippen LogP contribution in [0, 0.1) is 6.92 Å². The Bertz CT molecular complexity index is 1200. The van der Waals surface area contributed by atoms with Gasteiger partial charge in [0.1, 0.15) is 23.0 Å². The highest BCUT2D eigenvalue weighted by atomic mass is 19.4. The lowest BCUT2D eigenvalue weighted by atomic mass is 10.1. The normalized spacial score (nSPS) is 19.9. The van der Waals surface area contributed by atoms with Crippen LogP contribution in [0.25, 0.3) is 0 Å². The van der Waals surface area contributed by atoms with E-state index in [4.69, 9.17) is 9.26 Å². The number of pyridine rings is 1. The number of aliphatic imine (C=N–C) groups is 1. The minimum Gasteiger partial charge on any atom is -0.497 e. The van der Waals surface area contributed by atoms with Gasteiger partial charge in [-0.05, 0) is 6.92 Å². The third-order valence-electron chi connectivity index (χ3n) is 5.37. The van der Waals surface area contributed by atoms with Crippen molar-refractivity contribution >= 4 is 30.0 Å². The Labute approximate surface area is 196 Å². The van der Waals surface area contributed by atoms with E-state index in [1.807, 2.05) is 0 Å². The van der Waals surface area contributed by atoms with E-state index < -0.39 is 48.5 Å². The molecule has 0 bridgehead atoms. The molecule has 15 heteroatoms. The van der Waals surface area contributed by atoms with Crippen molar-refractivity contribution < 1.29 is 36.8 Å². The van der Waals surface area contributed by atoms with Gasteiger partial charge in [-0.1, -0.05) is 5.16 Å². The van der Waals surface area contributed by atoms with Crippen molar-refractivity contribution in [1.82, 2.24) is 24.8 Å². The number of anilines is 1. The second kappa shape index (κ2) is 8.88. The van der Waals surface area contributed by atoms with Gasteiger partial charge in [-0.3, -0.25) is 14.5 Å². The molecule has 1 fully saturated rings. The molecule has 2 atom stereocenters. The van der Waals surface area contributed by atoms with Gasteiger partial charge in [0.05, 0.1) is 26.5 Å². The van der Waals surface area contributed by atoms with Gasteiger partial charge in [0.15, 0.2) is 17.9 Å². The van der Waals surface area contributed by atoms with E-state index in [1.165, 1.54) is 30.3 Å². The molecular weight excluding hydrogens is 475 g/mol. The summed E-state index contributed by atoms with van der Waals surface area (Å²) in [7, 11) is 2.65. The van der Waals surface area contributed by atoms with E-state index in [0.29, 0.717) is 17.5 Å². The maximum atomic E-state index is 13.2. The van der Waals surface area contributed by atoms with Gasteiger partial charge >= 0.3 is 12.2 Å². The predicted octanol–water partition coefficient (Wildman–Crippen LogP) is 1.48. The van der Waals surface area contributed by atoms with Crippen molar-refractivity contribution in [2.45, 2.75) is 31.9 Å². The van der Waals surface area contributed by atoms with Crippen LogP contribution >= 0.6 is 0 Å². The molecule has 4 rings (SSSR count). The zero-order chi connectivity index (χ0) is 25.5. The fourth-order valence-corrected chi connectivity index (χ4v) is 3.74. The number of alkyl halides is 3. The number of urea groups is 1. The van der Waals surface area contributed by atoms with Crippen LogP contribution in [0.1, 0.15) is 17.1 Å². The summed E-state index contributed by atoms with van der Waals surface area (Å²) in [6, 6.07) is 1.81. The molecular formula is C20H20F3N7O5. The molecule has 2 aliphatic rings. The van der Waals surface area contributed by atoms with Gasteiger partial charge in [0.2, 0.25) is 5.91 Å². The van der Waals surface area contributed by atoms with Gasteiger partial charge in [-0.25, -0.2) is 14.8 Å². The van der Waals surface area contributed by atoms with Crippen LogP contribution < -0.4 is 10.1 Å². The second-order valence-electron chi connectivity index (χ2n) is 7.87. The molecule has 35 heavy (non-hydrogen) atoms. The molecule has 2 unspecified atom stereocenters. The molecule has 0 aliphatic carbocycles. The minimum atomic E-state index is -4.75. The van der Waals surface area contributed by atoms with Crippen LogP contribution in [0.15, 0.2) is 27.7 Å². The summed E-state index contributed by atoms with van der Waals surface area (Å²) in [5.74, 6) is -1.38. The number of aryl methyl sites for hydroxylation is 1. The molecule has 0 saturated carbocycles. The summed E-state index contributed by atoms with van der Waals surface area (Å²) in [5.41, 5.74) is -0.875. The molecule has 4 heterocycles. The average molecular weight is 495 g/mol. The lowest BCUT2D eigenvalue weighted by Crippen LogP contribution is -2.64. The number of hydrogen-bond acceptors (Lipinski definition) is 9. The summed E-state index contributed by atoms with van der Waals surface area (Å²) in [4.78, 5) is 49.6. The van der Waals surface area contributed by atoms with Crippen molar-refractivity contribution in [2.75, 3.05) is 26.0 Å². The molecule has 1 N–H and O–H groups in total. The Balaban J connectivity index is 1.49. The lowest BCUT2D eigenvalue weighted by Gasteiger charge is -2.40. The SMILES string of the molecule is COc1cc(NC(=O)CN2C=NC3C2C(=O)N(Cc2cc(C)on2)C(=O)N3C)nc(C(F)(F)F)c1.